The molecule has 17 heavy (non-hydrogen) atoms. The van der Waals surface area contributed by atoms with E-state index in [9.17, 15) is 0 Å². The Balaban J connectivity index is 2.00. The van der Waals surface area contributed by atoms with Crippen molar-refractivity contribution in [2.75, 3.05) is 5.88 Å². The van der Waals surface area contributed by atoms with Crippen LogP contribution in [0, 0.1) is 0 Å². The van der Waals surface area contributed by atoms with Crippen molar-refractivity contribution in [2.45, 2.75) is 6.42 Å². The number of alkyl halides is 1. The van der Waals surface area contributed by atoms with Crippen molar-refractivity contribution in [2.24, 2.45) is 0 Å². The van der Waals surface area contributed by atoms with Gasteiger partial charge in [0.1, 0.15) is 10.5 Å². The van der Waals surface area contributed by atoms with Gasteiger partial charge < -0.3 is 4.42 Å². The zero-order valence-electron chi connectivity index (χ0n) is 8.89. The van der Waals surface area contributed by atoms with Gasteiger partial charge in [-0.15, -0.1) is 22.9 Å². The van der Waals surface area contributed by atoms with Crippen molar-refractivity contribution in [1.29, 1.82) is 0 Å². The highest BCUT2D eigenvalue weighted by Gasteiger charge is 2.07. The molecule has 86 valence electrons. The molecule has 1 aromatic carbocycles. The van der Waals surface area contributed by atoms with E-state index in [1.54, 1.807) is 11.3 Å². The molecule has 0 unspecified atom stereocenters. The van der Waals surface area contributed by atoms with Crippen LogP contribution in [0.2, 0.25) is 0 Å². The fraction of sp³-hybridized carbons (Fsp3) is 0.167. The van der Waals surface area contributed by atoms with E-state index in [-0.39, 0.29) is 0 Å². The van der Waals surface area contributed by atoms with Gasteiger partial charge in [0, 0.05) is 23.2 Å². The van der Waals surface area contributed by atoms with Crippen LogP contribution < -0.4 is 0 Å². The summed E-state index contributed by atoms with van der Waals surface area (Å²) in [6.07, 6.45) is 2.26. The van der Waals surface area contributed by atoms with E-state index < -0.39 is 0 Å². The summed E-state index contributed by atoms with van der Waals surface area (Å²) < 4.78 is 5.28. The Morgan fingerprint density at radius 2 is 2.29 bits per heavy atom. The molecule has 0 aliphatic rings. The molecular weight excluding hydrogens is 256 g/mol. The molecular formula is C12H9ClN2OS. The van der Waals surface area contributed by atoms with Gasteiger partial charge in [0.25, 0.3) is 0 Å². The Bertz CT molecular complexity index is 647. The Labute approximate surface area is 107 Å². The molecule has 3 aromatic rings. The molecule has 5 heteroatoms. The van der Waals surface area contributed by atoms with Crippen LogP contribution in [0.15, 0.2) is 34.4 Å². The second-order valence-electron chi connectivity index (χ2n) is 3.62. The van der Waals surface area contributed by atoms with E-state index in [0.29, 0.717) is 5.88 Å². The highest BCUT2D eigenvalue weighted by atomic mass is 35.5. The number of fused-ring (bicyclic) bond motifs is 1. The van der Waals surface area contributed by atoms with E-state index in [4.69, 9.17) is 16.0 Å². The summed E-state index contributed by atoms with van der Waals surface area (Å²) in [6, 6.07) is 5.91. The first kappa shape index (κ1) is 10.7. The van der Waals surface area contributed by atoms with Crippen LogP contribution in [0.4, 0.5) is 0 Å². The highest BCUT2D eigenvalue weighted by Crippen LogP contribution is 2.27. The maximum Gasteiger partial charge on any atom is 0.181 e. The Morgan fingerprint density at radius 1 is 1.35 bits per heavy atom. The van der Waals surface area contributed by atoms with Crippen molar-refractivity contribution >= 4 is 34.0 Å². The number of aromatic nitrogens is 2. The molecule has 2 heterocycles. The topological polar surface area (TPSA) is 38.9 Å². The lowest BCUT2D eigenvalue weighted by atomic mass is 10.2. The maximum atomic E-state index is 5.70. The normalized spacial score (nSPS) is 11.1. The second kappa shape index (κ2) is 4.47. The smallest absolute Gasteiger partial charge is 0.181 e. The standard InChI is InChI=1S/C12H9ClN2OS/c13-4-3-9-6-17-12(15-9)8-1-2-10-11(5-8)16-7-14-10/h1-2,5-7H,3-4H2. The number of halogens is 1. The third-order valence-corrected chi connectivity index (χ3v) is 3.61. The van der Waals surface area contributed by atoms with Gasteiger partial charge in [0.2, 0.25) is 0 Å². The molecule has 0 aliphatic carbocycles. The molecule has 0 N–H and O–H groups in total. The summed E-state index contributed by atoms with van der Waals surface area (Å²) >= 11 is 7.32. The van der Waals surface area contributed by atoms with Crippen LogP contribution >= 0.6 is 22.9 Å². The number of aryl methyl sites for hydroxylation is 1. The average molecular weight is 265 g/mol. The Kier molecular flexibility index (Phi) is 2.82. The van der Waals surface area contributed by atoms with Crippen molar-refractivity contribution in [3.05, 3.63) is 35.7 Å². The number of rotatable bonds is 3. The first-order valence-corrected chi connectivity index (χ1v) is 6.62. The second-order valence-corrected chi connectivity index (χ2v) is 4.85. The van der Waals surface area contributed by atoms with E-state index in [1.807, 2.05) is 23.6 Å². The lowest BCUT2D eigenvalue weighted by Crippen LogP contribution is -1.85. The number of benzene rings is 1. The highest BCUT2D eigenvalue weighted by molar-refractivity contribution is 7.13. The number of thiazole rings is 1. The van der Waals surface area contributed by atoms with E-state index >= 15 is 0 Å². The molecule has 0 spiro atoms. The molecule has 0 saturated carbocycles. The average Bonchev–Trinajstić information content (AvgIpc) is 2.96. The molecule has 0 aliphatic heterocycles. The van der Waals surface area contributed by atoms with Crippen molar-refractivity contribution < 1.29 is 4.42 Å². The molecule has 0 radical (unpaired) electrons. The van der Waals surface area contributed by atoms with Gasteiger partial charge in [-0.25, -0.2) is 9.97 Å². The summed E-state index contributed by atoms with van der Waals surface area (Å²) in [7, 11) is 0. The van der Waals surface area contributed by atoms with E-state index in [2.05, 4.69) is 9.97 Å². The fourth-order valence-corrected chi connectivity index (χ4v) is 2.68. The van der Waals surface area contributed by atoms with Gasteiger partial charge in [-0.1, -0.05) is 0 Å². The monoisotopic (exact) mass is 264 g/mol. The molecule has 3 nitrogen and oxygen atoms in total. The molecule has 0 saturated heterocycles. The summed E-state index contributed by atoms with van der Waals surface area (Å²) in [5.41, 5.74) is 3.75. The summed E-state index contributed by atoms with van der Waals surface area (Å²) in [5.74, 6) is 0.602. The minimum absolute atomic E-state index is 0.602. The van der Waals surface area contributed by atoms with Crippen molar-refractivity contribution in [3.63, 3.8) is 0 Å². The maximum absolute atomic E-state index is 5.70. The van der Waals surface area contributed by atoms with Crippen LogP contribution in [-0.4, -0.2) is 15.8 Å². The van der Waals surface area contributed by atoms with Crippen molar-refractivity contribution in [3.8, 4) is 10.6 Å². The number of hydrogen-bond donors (Lipinski definition) is 0. The van der Waals surface area contributed by atoms with Gasteiger partial charge in [-0.2, -0.15) is 0 Å². The van der Waals surface area contributed by atoms with Crippen molar-refractivity contribution in [1.82, 2.24) is 9.97 Å². The fourth-order valence-electron chi connectivity index (χ4n) is 1.64. The quantitative estimate of drug-likeness (QED) is 0.677. The summed E-state index contributed by atoms with van der Waals surface area (Å²) in [4.78, 5) is 8.62. The minimum atomic E-state index is 0.602. The largest absolute Gasteiger partial charge is 0.443 e. The number of oxazole rings is 1. The van der Waals surface area contributed by atoms with Crippen LogP contribution in [0.25, 0.3) is 21.7 Å². The predicted molar refractivity (Wildman–Crippen MR) is 69.5 cm³/mol. The van der Waals surface area contributed by atoms with Gasteiger partial charge in [0.05, 0.1) is 5.69 Å². The van der Waals surface area contributed by atoms with Crippen LogP contribution in [0.5, 0.6) is 0 Å². The lowest BCUT2D eigenvalue weighted by molar-refractivity contribution is 0.602. The lowest BCUT2D eigenvalue weighted by Gasteiger charge is -1.95. The van der Waals surface area contributed by atoms with E-state index in [0.717, 1.165) is 33.8 Å². The SMILES string of the molecule is ClCCc1csc(-c2ccc3ncoc3c2)n1. The number of hydrogen-bond acceptors (Lipinski definition) is 4. The van der Waals surface area contributed by atoms with Gasteiger partial charge in [0.15, 0.2) is 12.0 Å². The van der Waals surface area contributed by atoms with Crippen LogP contribution in [0.3, 0.4) is 0 Å². The molecule has 0 atom stereocenters. The summed E-state index contributed by atoms with van der Waals surface area (Å²) in [6.45, 7) is 0. The van der Waals surface area contributed by atoms with Gasteiger partial charge in [-0.05, 0) is 18.2 Å². The first-order valence-electron chi connectivity index (χ1n) is 5.21. The third-order valence-electron chi connectivity index (χ3n) is 2.48. The molecule has 0 fully saturated rings. The molecule has 0 bridgehead atoms. The Hall–Kier alpha value is -1.39. The van der Waals surface area contributed by atoms with Gasteiger partial charge in [-0.3, -0.25) is 0 Å². The van der Waals surface area contributed by atoms with E-state index in [1.165, 1.54) is 6.39 Å². The molecule has 2 aromatic heterocycles. The molecule has 3 rings (SSSR count). The Morgan fingerprint density at radius 3 is 3.18 bits per heavy atom. The third kappa shape index (κ3) is 2.06. The first-order chi connectivity index (χ1) is 8.36. The van der Waals surface area contributed by atoms with Gasteiger partial charge >= 0.3 is 0 Å². The van der Waals surface area contributed by atoms with Crippen LogP contribution in [-0.2, 0) is 6.42 Å². The van der Waals surface area contributed by atoms with Crippen LogP contribution in [0.1, 0.15) is 5.69 Å². The number of nitrogens with zero attached hydrogens (tertiary/aromatic N) is 2. The predicted octanol–water partition coefficient (Wildman–Crippen LogP) is 3.73. The minimum Gasteiger partial charge on any atom is -0.443 e. The zero-order valence-corrected chi connectivity index (χ0v) is 10.5. The zero-order chi connectivity index (χ0) is 11.7. The molecule has 0 amide bonds. The summed E-state index contributed by atoms with van der Waals surface area (Å²) in [5, 5.41) is 3.03.